The second-order valence-electron chi connectivity index (χ2n) is 5.56. The van der Waals surface area contributed by atoms with Crippen molar-refractivity contribution in [1.29, 1.82) is 0 Å². The minimum Gasteiger partial charge on any atom is -0.466 e. The summed E-state index contributed by atoms with van der Waals surface area (Å²) in [5.74, 6) is -3.31. The number of hydrogen-bond donors (Lipinski definition) is 3. The maximum absolute atomic E-state index is 13.3. The summed E-state index contributed by atoms with van der Waals surface area (Å²) in [5.41, 5.74) is 5.68. The Morgan fingerprint density at radius 3 is 2.42 bits per heavy atom. The molecule has 0 heterocycles. The van der Waals surface area contributed by atoms with Crippen molar-refractivity contribution in [2.45, 2.75) is 38.8 Å². The van der Waals surface area contributed by atoms with E-state index in [-0.39, 0.29) is 13.0 Å². The van der Waals surface area contributed by atoms with E-state index in [1.807, 2.05) is 0 Å². The van der Waals surface area contributed by atoms with Gasteiger partial charge in [-0.15, -0.1) is 0 Å². The number of esters is 1. The molecular formula is C17H22FN3O5. The quantitative estimate of drug-likeness (QED) is 0.521. The van der Waals surface area contributed by atoms with Gasteiger partial charge in [-0.2, -0.15) is 0 Å². The molecule has 0 saturated heterocycles. The van der Waals surface area contributed by atoms with Gasteiger partial charge in [-0.3, -0.25) is 19.2 Å². The lowest BCUT2D eigenvalue weighted by Gasteiger charge is -2.21. The van der Waals surface area contributed by atoms with Crippen molar-refractivity contribution in [2.75, 3.05) is 6.61 Å². The van der Waals surface area contributed by atoms with E-state index in [1.54, 1.807) is 13.0 Å². The summed E-state index contributed by atoms with van der Waals surface area (Å²) in [6, 6.07) is 3.19. The Hall–Kier alpha value is -2.97. The number of carbonyl (C=O) groups excluding carboxylic acids is 4. The fraction of sp³-hybridized carbons (Fsp3) is 0.412. The molecule has 3 amide bonds. The number of nitrogens with one attached hydrogen (secondary N) is 2. The first-order valence-electron chi connectivity index (χ1n) is 7.99. The van der Waals surface area contributed by atoms with Gasteiger partial charge < -0.3 is 21.1 Å². The van der Waals surface area contributed by atoms with Gasteiger partial charge in [0.05, 0.1) is 13.0 Å². The molecule has 0 fully saturated rings. The summed E-state index contributed by atoms with van der Waals surface area (Å²) in [6.45, 7) is 2.93. The number of benzene rings is 1. The molecule has 142 valence electrons. The average Bonchev–Trinajstić information content (AvgIpc) is 2.53. The molecule has 0 bridgehead atoms. The molecule has 0 aliphatic heterocycles. The first-order valence-corrected chi connectivity index (χ1v) is 7.99. The molecule has 0 unspecified atom stereocenters. The number of rotatable bonds is 9. The second-order valence-corrected chi connectivity index (χ2v) is 5.56. The fourth-order valence-electron chi connectivity index (χ4n) is 2.24. The van der Waals surface area contributed by atoms with Crippen LogP contribution in [0.2, 0.25) is 0 Å². The van der Waals surface area contributed by atoms with Crippen molar-refractivity contribution in [3.05, 3.63) is 35.6 Å². The number of carbonyl (C=O) groups is 4. The van der Waals surface area contributed by atoms with Crippen molar-refractivity contribution in [2.24, 2.45) is 5.73 Å². The molecule has 0 aromatic heterocycles. The Labute approximate surface area is 150 Å². The molecule has 1 aromatic rings. The van der Waals surface area contributed by atoms with Crippen LogP contribution >= 0.6 is 0 Å². The molecule has 0 saturated carbocycles. The van der Waals surface area contributed by atoms with Crippen LogP contribution in [0.3, 0.4) is 0 Å². The predicted octanol–water partition coefficient (Wildman–Crippen LogP) is -0.204. The Morgan fingerprint density at radius 1 is 1.19 bits per heavy atom. The zero-order valence-corrected chi connectivity index (χ0v) is 14.6. The third-order valence-corrected chi connectivity index (χ3v) is 3.36. The molecule has 2 atom stereocenters. The van der Waals surface area contributed by atoms with Gasteiger partial charge in [-0.1, -0.05) is 12.1 Å². The lowest BCUT2D eigenvalue weighted by molar-refractivity contribution is -0.145. The normalized spacial score (nSPS) is 12.6. The molecule has 1 rings (SSSR count). The minimum atomic E-state index is -1.29. The van der Waals surface area contributed by atoms with Crippen molar-refractivity contribution in [3.63, 3.8) is 0 Å². The zero-order chi connectivity index (χ0) is 19.7. The van der Waals surface area contributed by atoms with E-state index in [2.05, 4.69) is 10.6 Å². The molecule has 8 nitrogen and oxygen atoms in total. The maximum Gasteiger partial charge on any atom is 0.308 e. The molecule has 0 spiro atoms. The summed E-state index contributed by atoms with van der Waals surface area (Å²) in [5, 5.41) is 4.75. The first-order chi connectivity index (χ1) is 12.2. The molecule has 0 aliphatic rings. The predicted molar refractivity (Wildman–Crippen MR) is 90.1 cm³/mol. The highest BCUT2D eigenvalue weighted by molar-refractivity contribution is 5.93. The van der Waals surface area contributed by atoms with Crippen LogP contribution in [0, 0.1) is 5.82 Å². The van der Waals surface area contributed by atoms with Gasteiger partial charge in [0.2, 0.25) is 17.7 Å². The Bertz CT molecular complexity index is 680. The van der Waals surface area contributed by atoms with Gasteiger partial charge in [0, 0.05) is 13.3 Å². The highest BCUT2D eigenvalue weighted by Crippen LogP contribution is 2.08. The number of amides is 3. The average molecular weight is 367 g/mol. The smallest absolute Gasteiger partial charge is 0.308 e. The van der Waals surface area contributed by atoms with E-state index >= 15 is 0 Å². The standard InChI is InChI=1S/C17H22FN3O5/c1-3-26-15(23)9-13(16(19)24)21-17(25)14(20-10(2)22)8-11-5-4-6-12(18)7-11/h4-7,13-14H,3,8-9H2,1-2H3,(H2,19,24)(H,20,22)(H,21,25)/t13-,14-/m0/s1. The number of primary amides is 1. The summed E-state index contributed by atoms with van der Waals surface area (Å²) < 4.78 is 18.0. The van der Waals surface area contributed by atoms with Crippen LogP contribution in [-0.4, -0.2) is 42.4 Å². The molecule has 0 aliphatic carbocycles. The van der Waals surface area contributed by atoms with Crippen LogP contribution in [0.15, 0.2) is 24.3 Å². The van der Waals surface area contributed by atoms with Crippen LogP contribution in [0.25, 0.3) is 0 Å². The van der Waals surface area contributed by atoms with Gasteiger partial charge in [-0.25, -0.2) is 4.39 Å². The van der Waals surface area contributed by atoms with Crippen LogP contribution in [0.1, 0.15) is 25.8 Å². The molecule has 1 aromatic carbocycles. The van der Waals surface area contributed by atoms with E-state index in [0.717, 1.165) is 0 Å². The molecule has 9 heteroatoms. The molecule has 4 N–H and O–H groups in total. The lowest BCUT2D eigenvalue weighted by Crippen LogP contribution is -2.54. The summed E-state index contributed by atoms with van der Waals surface area (Å²) >= 11 is 0. The summed E-state index contributed by atoms with van der Waals surface area (Å²) in [4.78, 5) is 46.8. The van der Waals surface area contributed by atoms with Crippen molar-refractivity contribution in [3.8, 4) is 0 Å². The minimum absolute atomic E-state index is 0.00589. The Morgan fingerprint density at radius 2 is 1.88 bits per heavy atom. The van der Waals surface area contributed by atoms with Crippen molar-refractivity contribution in [1.82, 2.24) is 10.6 Å². The Balaban J connectivity index is 2.87. The van der Waals surface area contributed by atoms with E-state index in [4.69, 9.17) is 10.5 Å². The number of nitrogens with two attached hydrogens (primary N) is 1. The largest absolute Gasteiger partial charge is 0.466 e. The van der Waals surface area contributed by atoms with Crippen LogP contribution in [-0.2, 0) is 30.3 Å². The van der Waals surface area contributed by atoms with E-state index in [9.17, 15) is 23.6 Å². The van der Waals surface area contributed by atoms with E-state index < -0.39 is 48.0 Å². The van der Waals surface area contributed by atoms with Crippen LogP contribution in [0.4, 0.5) is 4.39 Å². The topological polar surface area (TPSA) is 128 Å². The van der Waals surface area contributed by atoms with Gasteiger partial charge in [0.15, 0.2) is 0 Å². The number of halogens is 1. The maximum atomic E-state index is 13.3. The molecular weight excluding hydrogens is 345 g/mol. The van der Waals surface area contributed by atoms with Gasteiger partial charge in [0.1, 0.15) is 17.9 Å². The van der Waals surface area contributed by atoms with Crippen LogP contribution < -0.4 is 16.4 Å². The van der Waals surface area contributed by atoms with E-state index in [1.165, 1.54) is 25.1 Å². The third kappa shape index (κ3) is 7.29. The lowest BCUT2D eigenvalue weighted by atomic mass is 10.0. The van der Waals surface area contributed by atoms with Crippen molar-refractivity contribution >= 4 is 23.7 Å². The van der Waals surface area contributed by atoms with Gasteiger partial charge in [0.25, 0.3) is 0 Å². The van der Waals surface area contributed by atoms with Crippen molar-refractivity contribution < 1.29 is 28.3 Å². The summed E-state index contributed by atoms with van der Waals surface area (Å²) in [6.07, 6.45) is -0.435. The first kappa shape index (κ1) is 21.1. The van der Waals surface area contributed by atoms with Gasteiger partial charge >= 0.3 is 5.97 Å². The number of hydrogen-bond acceptors (Lipinski definition) is 5. The zero-order valence-electron chi connectivity index (χ0n) is 14.6. The highest BCUT2D eigenvalue weighted by Gasteiger charge is 2.27. The van der Waals surface area contributed by atoms with Gasteiger partial charge in [-0.05, 0) is 24.6 Å². The SMILES string of the molecule is CCOC(=O)C[C@H](NC(=O)[C@H](Cc1cccc(F)c1)NC(C)=O)C(N)=O. The highest BCUT2D eigenvalue weighted by atomic mass is 19.1. The molecule has 26 heavy (non-hydrogen) atoms. The number of ether oxygens (including phenoxy) is 1. The Kier molecular flexibility index (Phi) is 8.20. The summed E-state index contributed by atoms with van der Waals surface area (Å²) in [7, 11) is 0. The monoisotopic (exact) mass is 367 g/mol. The molecule has 0 radical (unpaired) electrons. The van der Waals surface area contributed by atoms with Crippen LogP contribution in [0.5, 0.6) is 0 Å². The fourth-order valence-corrected chi connectivity index (χ4v) is 2.24. The van der Waals surface area contributed by atoms with E-state index in [0.29, 0.717) is 5.56 Å². The third-order valence-electron chi connectivity index (χ3n) is 3.36. The second kappa shape index (κ2) is 10.1.